The summed E-state index contributed by atoms with van der Waals surface area (Å²) in [5, 5.41) is 6.89. The summed E-state index contributed by atoms with van der Waals surface area (Å²) in [6.07, 6.45) is 1.64. The summed E-state index contributed by atoms with van der Waals surface area (Å²) in [6.45, 7) is 2.88. The fourth-order valence-electron chi connectivity index (χ4n) is 3.82. The SMILES string of the molecule is C/C(N)=N/C(=N/S(=O)(=O)N1CCCC1)N1CC(c2ccccc2)C(c2ccc(Cl)cc2)=N1. The van der Waals surface area contributed by atoms with Crippen LogP contribution in [0.5, 0.6) is 0 Å². The third-order valence-electron chi connectivity index (χ3n) is 5.35. The van der Waals surface area contributed by atoms with Crippen molar-refractivity contribution in [1.29, 1.82) is 0 Å². The van der Waals surface area contributed by atoms with E-state index in [9.17, 15) is 8.42 Å². The van der Waals surface area contributed by atoms with E-state index in [-0.39, 0.29) is 17.7 Å². The average Bonchev–Trinajstić information content (AvgIpc) is 3.45. The van der Waals surface area contributed by atoms with Gasteiger partial charge in [0.05, 0.1) is 18.1 Å². The first kappa shape index (κ1) is 22.4. The number of guanidine groups is 1. The predicted octanol–water partition coefficient (Wildman–Crippen LogP) is 3.22. The van der Waals surface area contributed by atoms with Crippen LogP contribution in [0, 0.1) is 0 Å². The Morgan fingerprint density at radius 3 is 2.38 bits per heavy atom. The number of aliphatic imine (C=N–C) groups is 1. The van der Waals surface area contributed by atoms with Gasteiger partial charge in [-0.25, -0.2) is 5.01 Å². The van der Waals surface area contributed by atoms with E-state index in [2.05, 4.69) is 9.39 Å². The van der Waals surface area contributed by atoms with Gasteiger partial charge in [0.1, 0.15) is 0 Å². The molecule has 2 aromatic rings. The molecule has 4 rings (SSSR count). The topological polar surface area (TPSA) is 104 Å². The van der Waals surface area contributed by atoms with E-state index in [0.29, 0.717) is 24.7 Å². The smallest absolute Gasteiger partial charge is 0.325 e. The molecule has 0 aromatic heterocycles. The third-order valence-corrected chi connectivity index (χ3v) is 7.02. The van der Waals surface area contributed by atoms with E-state index < -0.39 is 10.2 Å². The van der Waals surface area contributed by atoms with Crippen LogP contribution in [0.4, 0.5) is 0 Å². The molecule has 0 bridgehead atoms. The van der Waals surface area contributed by atoms with Gasteiger partial charge in [-0.3, -0.25) is 0 Å². The molecule has 0 aliphatic carbocycles. The Morgan fingerprint density at radius 1 is 1.09 bits per heavy atom. The van der Waals surface area contributed by atoms with Crippen molar-refractivity contribution in [3.63, 3.8) is 0 Å². The lowest BCUT2D eigenvalue weighted by molar-refractivity contribution is 0.461. The van der Waals surface area contributed by atoms with Crippen molar-refractivity contribution >= 4 is 39.3 Å². The molecule has 0 saturated carbocycles. The monoisotopic (exact) mass is 472 g/mol. The average molecular weight is 473 g/mol. The minimum Gasteiger partial charge on any atom is -0.387 e. The molecule has 1 unspecified atom stereocenters. The van der Waals surface area contributed by atoms with E-state index >= 15 is 0 Å². The first-order chi connectivity index (χ1) is 15.3. The highest BCUT2D eigenvalue weighted by molar-refractivity contribution is 7.87. The number of amidine groups is 1. The van der Waals surface area contributed by atoms with Crippen LogP contribution in [0.25, 0.3) is 0 Å². The lowest BCUT2D eigenvalue weighted by Gasteiger charge is -2.17. The van der Waals surface area contributed by atoms with Crippen molar-refractivity contribution in [2.75, 3.05) is 19.6 Å². The van der Waals surface area contributed by atoms with Crippen molar-refractivity contribution < 1.29 is 8.42 Å². The molecule has 0 amide bonds. The zero-order valence-corrected chi connectivity index (χ0v) is 19.3. The van der Waals surface area contributed by atoms with Gasteiger partial charge in [-0.2, -0.15) is 22.8 Å². The molecule has 168 valence electrons. The summed E-state index contributed by atoms with van der Waals surface area (Å²) in [7, 11) is -3.88. The second-order valence-electron chi connectivity index (χ2n) is 7.77. The van der Waals surface area contributed by atoms with Crippen LogP contribution in [0.1, 0.15) is 36.8 Å². The fraction of sp³-hybridized carbons (Fsp3) is 0.318. The highest BCUT2D eigenvalue weighted by atomic mass is 35.5. The molecule has 2 aliphatic rings. The summed E-state index contributed by atoms with van der Waals surface area (Å²) in [4.78, 5) is 4.22. The van der Waals surface area contributed by atoms with Crippen LogP contribution in [-0.4, -0.2) is 54.9 Å². The molecule has 32 heavy (non-hydrogen) atoms. The van der Waals surface area contributed by atoms with Crippen LogP contribution in [-0.2, 0) is 10.2 Å². The molecule has 1 saturated heterocycles. The highest BCUT2D eigenvalue weighted by Crippen LogP contribution is 2.30. The van der Waals surface area contributed by atoms with E-state index in [1.165, 1.54) is 9.31 Å². The molecule has 2 aromatic carbocycles. The maximum atomic E-state index is 12.9. The number of halogens is 1. The molecule has 2 aliphatic heterocycles. The zero-order chi connectivity index (χ0) is 22.7. The largest absolute Gasteiger partial charge is 0.387 e. The Balaban J connectivity index is 1.76. The first-order valence-electron chi connectivity index (χ1n) is 10.4. The minimum absolute atomic E-state index is 0.0400. The second kappa shape index (κ2) is 9.40. The van der Waals surface area contributed by atoms with Crippen LogP contribution in [0.3, 0.4) is 0 Å². The number of nitrogens with two attached hydrogens (primary N) is 1. The number of nitrogens with zero attached hydrogens (tertiary/aromatic N) is 5. The van der Waals surface area contributed by atoms with Gasteiger partial charge < -0.3 is 5.73 Å². The first-order valence-corrected chi connectivity index (χ1v) is 12.2. The van der Waals surface area contributed by atoms with E-state index in [0.717, 1.165) is 29.7 Å². The van der Waals surface area contributed by atoms with Crippen LogP contribution < -0.4 is 5.73 Å². The molecule has 1 fully saturated rings. The second-order valence-corrected chi connectivity index (χ2v) is 9.80. The Labute approximate surface area is 193 Å². The van der Waals surface area contributed by atoms with Crippen molar-refractivity contribution in [3.8, 4) is 0 Å². The van der Waals surface area contributed by atoms with E-state index in [1.807, 2.05) is 42.5 Å². The molecule has 0 radical (unpaired) electrons. The summed E-state index contributed by atoms with van der Waals surface area (Å²) < 4.78 is 31.1. The standard InChI is InChI=1S/C22H25ClN6O2S/c1-16(24)25-22(27-32(30,31)28-13-5-6-14-28)29-15-20(17-7-3-2-4-8-17)21(26-29)18-9-11-19(23)12-10-18/h2-4,7-12,20H,5-6,13-15H2,1H3,(H2,24,25,27). The molecule has 10 heteroatoms. The van der Waals surface area contributed by atoms with Gasteiger partial charge in [-0.15, -0.1) is 4.40 Å². The Bertz CT molecular complexity index is 1150. The fourth-order valence-corrected chi connectivity index (χ4v) is 5.12. The van der Waals surface area contributed by atoms with Gasteiger partial charge in [0, 0.05) is 24.0 Å². The van der Waals surface area contributed by atoms with Gasteiger partial charge in [-0.1, -0.05) is 54.1 Å². The van der Waals surface area contributed by atoms with Gasteiger partial charge in [-0.05, 0) is 43.0 Å². The molecular weight excluding hydrogens is 448 g/mol. The molecular formula is C22H25ClN6O2S. The van der Waals surface area contributed by atoms with Crippen molar-refractivity contribution in [3.05, 3.63) is 70.7 Å². The summed E-state index contributed by atoms with van der Waals surface area (Å²) in [5.41, 5.74) is 8.54. The normalized spacial score (nSPS) is 20.6. The van der Waals surface area contributed by atoms with Crippen LogP contribution >= 0.6 is 11.6 Å². The van der Waals surface area contributed by atoms with Crippen molar-refractivity contribution in [2.24, 2.45) is 20.2 Å². The van der Waals surface area contributed by atoms with E-state index in [1.54, 1.807) is 19.1 Å². The number of hydrogen-bond acceptors (Lipinski definition) is 3. The molecule has 1 atom stereocenters. The number of rotatable bonds is 4. The summed E-state index contributed by atoms with van der Waals surface area (Å²) in [6, 6.07) is 17.3. The lowest BCUT2D eigenvalue weighted by atomic mass is 9.91. The summed E-state index contributed by atoms with van der Waals surface area (Å²) >= 11 is 6.07. The zero-order valence-electron chi connectivity index (χ0n) is 17.7. The summed E-state index contributed by atoms with van der Waals surface area (Å²) in [5.74, 6) is 0.0546. The Kier molecular flexibility index (Phi) is 6.59. The van der Waals surface area contributed by atoms with Gasteiger partial charge in [0.2, 0.25) is 0 Å². The molecule has 2 heterocycles. The molecule has 2 N–H and O–H groups in total. The number of hydrazone groups is 1. The number of hydrogen-bond donors (Lipinski definition) is 1. The van der Waals surface area contributed by atoms with Crippen LogP contribution in [0.15, 0.2) is 69.1 Å². The molecule has 0 spiro atoms. The van der Waals surface area contributed by atoms with Gasteiger partial charge in [0.15, 0.2) is 0 Å². The lowest BCUT2D eigenvalue weighted by Crippen LogP contribution is -2.31. The van der Waals surface area contributed by atoms with Gasteiger partial charge >= 0.3 is 10.2 Å². The molecule has 8 nitrogen and oxygen atoms in total. The van der Waals surface area contributed by atoms with Crippen LogP contribution in [0.2, 0.25) is 5.02 Å². The maximum Gasteiger partial charge on any atom is 0.325 e. The highest BCUT2D eigenvalue weighted by Gasteiger charge is 2.33. The quantitative estimate of drug-likeness (QED) is 0.545. The maximum absolute atomic E-state index is 12.9. The van der Waals surface area contributed by atoms with Gasteiger partial charge in [0.25, 0.3) is 5.96 Å². The van der Waals surface area contributed by atoms with Crippen molar-refractivity contribution in [2.45, 2.75) is 25.7 Å². The third kappa shape index (κ3) is 5.01. The predicted molar refractivity (Wildman–Crippen MR) is 128 cm³/mol. The Hall–Kier alpha value is -2.75. The Morgan fingerprint density at radius 2 is 1.75 bits per heavy atom. The minimum atomic E-state index is -3.88. The van der Waals surface area contributed by atoms with E-state index in [4.69, 9.17) is 22.4 Å². The number of benzene rings is 2. The van der Waals surface area contributed by atoms with Crippen molar-refractivity contribution in [1.82, 2.24) is 9.31 Å².